The Labute approximate surface area is 119 Å². The Balaban J connectivity index is 1.73. The van der Waals surface area contributed by atoms with Gasteiger partial charge in [0.1, 0.15) is 0 Å². The number of hydrogen-bond donors (Lipinski definition) is 0. The molecule has 5 atom stereocenters. The van der Waals surface area contributed by atoms with Crippen LogP contribution in [0.2, 0.25) is 0 Å². The van der Waals surface area contributed by atoms with Gasteiger partial charge >= 0.3 is 0 Å². The predicted molar refractivity (Wildman–Crippen MR) is 79.9 cm³/mol. The van der Waals surface area contributed by atoms with E-state index in [0.717, 1.165) is 11.3 Å². The maximum absolute atomic E-state index is 2.61. The zero-order valence-corrected chi connectivity index (χ0v) is 13.7. The summed E-state index contributed by atoms with van der Waals surface area (Å²) >= 11 is 0. The highest BCUT2D eigenvalue weighted by Crippen LogP contribution is 2.82. The molecule has 2 spiro atoms. The van der Waals surface area contributed by atoms with Crippen LogP contribution in [0.1, 0.15) is 72.1 Å². The van der Waals surface area contributed by atoms with E-state index in [-0.39, 0.29) is 0 Å². The molecule has 2 bridgehead atoms. The van der Waals surface area contributed by atoms with Crippen LogP contribution in [0.15, 0.2) is 0 Å². The maximum Gasteiger partial charge on any atom is 0.155 e. The Bertz CT molecular complexity index is 441. The van der Waals surface area contributed by atoms with Gasteiger partial charge in [0.05, 0.1) is 14.1 Å². The van der Waals surface area contributed by atoms with E-state index >= 15 is 0 Å². The zero-order chi connectivity index (χ0) is 13.7. The lowest BCUT2D eigenvalue weighted by Gasteiger charge is -2.22. The third kappa shape index (κ3) is 1.15. The molecule has 3 saturated carbocycles. The number of likely N-dealkylation sites (N-methyl/N-ethyl adjacent to an activating group) is 1. The van der Waals surface area contributed by atoms with Gasteiger partial charge < -0.3 is 4.48 Å². The number of hydrogen-bond acceptors (Lipinski definition) is 0. The van der Waals surface area contributed by atoms with E-state index < -0.39 is 0 Å². The lowest BCUT2D eigenvalue weighted by atomic mass is 9.79. The molecule has 4 fully saturated rings. The van der Waals surface area contributed by atoms with Gasteiger partial charge in [-0.25, -0.2) is 0 Å². The largest absolute Gasteiger partial charge is 0.309 e. The monoisotopic (exact) mass is 262 g/mol. The molecule has 4 rings (SSSR count). The first kappa shape index (κ1) is 12.7. The molecule has 0 aromatic carbocycles. The highest BCUT2D eigenvalue weighted by atomic mass is 15.6. The van der Waals surface area contributed by atoms with E-state index in [9.17, 15) is 0 Å². The lowest BCUT2D eigenvalue weighted by molar-refractivity contribution is -0.813. The van der Waals surface area contributed by atoms with Crippen LogP contribution in [0.3, 0.4) is 0 Å². The molecule has 4 aliphatic rings. The first-order chi connectivity index (χ1) is 8.72. The summed E-state index contributed by atoms with van der Waals surface area (Å²) < 4.78 is 1.32. The zero-order valence-electron chi connectivity index (χ0n) is 13.7. The van der Waals surface area contributed by atoms with Gasteiger partial charge in [0.25, 0.3) is 0 Å². The Kier molecular flexibility index (Phi) is 2.06. The number of quaternary nitrogens is 1. The van der Waals surface area contributed by atoms with Crippen LogP contribution in [-0.4, -0.2) is 29.7 Å². The summed E-state index contributed by atoms with van der Waals surface area (Å²) in [5.74, 6) is 0.946. The van der Waals surface area contributed by atoms with Crippen molar-refractivity contribution in [3.8, 4) is 0 Å². The topological polar surface area (TPSA) is 0 Å². The fourth-order valence-electron chi connectivity index (χ4n) is 6.83. The van der Waals surface area contributed by atoms with Gasteiger partial charge in [0.2, 0.25) is 0 Å². The molecule has 0 amide bonds. The minimum atomic E-state index is 0.589. The summed E-state index contributed by atoms with van der Waals surface area (Å²) in [4.78, 5) is 0. The third-order valence-corrected chi connectivity index (χ3v) is 9.10. The fraction of sp³-hybridized carbons (Fsp3) is 1.00. The Morgan fingerprint density at radius 1 is 0.895 bits per heavy atom. The van der Waals surface area contributed by atoms with Gasteiger partial charge in [0.15, 0.2) is 11.1 Å². The van der Waals surface area contributed by atoms with Crippen molar-refractivity contribution in [3.63, 3.8) is 0 Å². The Morgan fingerprint density at radius 2 is 1.58 bits per heavy atom. The highest BCUT2D eigenvalue weighted by Gasteiger charge is 2.88. The number of nitrogens with zero attached hydrogens (tertiary/aromatic N) is 1. The molecule has 3 aliphatic carbocycles. The highest BCUT2D eigenvalue weighted by molar-refractivity contribution is 5.27. The molecular weight excluding hydrogens is 230 g/mol. The standard InChI is InChI=1S/C18H32N/c1-14-6-8-15(2)12-17(15)10-11-18(13-17)16(3,9-7-14)19(18,4)5/h14H,6-13H2,1-5H3/q+1. The van der Waals surface area contributed by atoms with Crippen molar-refractivity contribution in [2.45, 2.75) is 83.2 Å². The molecule has 0 N–H and O–H groups in total. The molecule has 108 valence electrons. The van der Waals surface area contributed by atoms with Crippen molar-refractivity contribution in [1.82, 2.24) is 0 Å². The summed E-state index contributed by atoms with van der Waals surface area (Å²) in [5, 5.41) is 0. The molecule has 0 radical (unpaired) electrons. The summed E-state index contributed by atoms with van der Waals surface area (Å²) in [6, 6.07) is 0. The van der Waals surface area contributed by atoms with Gasteiger partial charge in [-0.15, -0.1) is 0 Å². The maximum atomic E-state index is 2.61. The van der Waals surface area contributed by atoms with Gasteiger partial charge in [-0.1, -0.05) is 20.3 Å². The van der Waals surface area contributed by atoms with Crippen LogP contribution >= 0.6 is 0 Å². The molecule has 1 aliphatic heterocycles. The van der Waals surface area contributed by atoms with Gasteiger partial charge in [-0.2, -0.15) is 0 Å². The summed E-state index contributed by atoms with van der Waals surface area (Å²) in [6.07, 6.45) is 12.1. The van der Waals surface area contributed by atoms with Crippen LogP contribution in [0.4, 0.5) is 0 Å². The third-order valence-electron chi connectivity index (χ3n) is 9.10. The van der Waals surface area contributed by atoms with E-state index in [4.69, 9.17) is 0 Å². The van der Waals surface area contributed by atoms with Crippen LogP contribution in [0, 0.1) is 16.7 Å². The first-order valence-electron chi connectivity index (χ1n) is 8.56. The van der Waals surface area contributed by atoms with Crippen molar-refractivity contribution in [1.29, 1.82) is 0 Å². The average molecular weight is 262 g/mol. The summed E-state index contributed by atoms with van der Waals surface area (Å²) in [7, 11) is 5.06. The average Bonchev–Trinajstić information content (AvgIpc) is 2.88. The smallest absolute Gasteiger partial charge is 0.155 e. The van der Waals surface area contributed by atoms with Crippen LogP contribution < -0.4 is 0 Å². The second kappa shape index (κ2) is 3.08. The predicted octanol–water partition coefficient (Wildman–Crippen LogP) is 4.36. The van der Waals surface area contributed by atoms with E-state index in [2.05, 4.69) is 34.9 Å². The molecule has 1 heteroatoms. The second-order valence-corrected chi connectivity index (χ2v) is 9.64. The van der Waals surface area contributed by atoms with Crippen LogP contribution in [0.5, 0.6) is 0 Å². The Hall–Kier alpha value is -0.0400. The van der Waals surface area contributed by atoms with Crippen LogP contribution in [0.25, 0.3) is 0 Å². The SMILES string of the molecule is CC1CCC2(C)CC23CCC2(C3)C(C)(CC1)[N+]2(C)C. The molecule has 1 saturated heterocycles. The molecule has 1 nitrogen and oxygen atoms in total. The van der Waals surface area contributed by atoms with Gasteiger partial charge in [-0.3, -0.25) is 0 Å². The van der Waals surface area contributed by atoms with Crippen molar-refractivity contribution in [2.75, 3.05) is 14.1 Å². The molecule has 1 heterocycles. The lowest BCUT2D eigenvalue weighted by Crippen LogP contribution is -2.27. The molecule has 19 heavy (non-hydrogen) atoms. The van der Waals surface area contributed by atoms with Crippen molar-refractivity contribution >= 4 is 0 Å². The summed E-state index contributed by atoms with van der Waals surface area (Å²) in [5.41, 5.74) is 2.72. The Morgan fingerprint density at radius 3 is 2.32 bits per heavy atom. The fourth-order valence-corrected chi connectivity index (χ4v) is 6.83. The van der Waals surface area contributed by atoms with E-state index in [1.54, 1.807) is 12.8 Å². The van der Waals surface area contributed by atoms with E-state index in [1.165, 1.54) is 43.0 Å². The molecule has 0 aromatic heterocycles. The van der Waals surface area contributed by atoms with E-state index in [0.29, 0.717) is 16.5 Å². The molecule has 5 unspecified atom stereocenters. The first-order valence-corrected chi connectivity index (χ1v) is 8.56. The minimum Gasteiger partial charge on any atom is -0.309 e. The van der Waals surface area contributed by atoms with Crippen molar-refractivity contribution < 1.29 is 4.48 Å². The second-order valence-electron chi connectivity index (χ2n) is 9.64. The minimum absolute atomic E-state index is 0.589. The van der Waals surface area contributed by atoms with Crippen molar-refractivity contribution in [3.05, 3.63) is 0 Å². The molecule has 0 aromatic rings. The van der Waals surface area contributed by atoms with E-state index in [1.807, 2.05) is 0 Å². The van der Waals surface area contributed by atoms with Gasteiger partial charge in [-0.05, 0) is 49.4 Å². The van der Waals surface area contributed by atoms with Crippen molar-refractivity contribution in [2.24, 2.45) is 16.7 Å². The quantitative estimate of drug-likeness (QED) is 0.449. The normalized spacial score (nSPS) is 62.1. The number of rotatable bonds is 0. The van der Waals surface area contributed by atoms with Crippen LogP contribution in [-0.2, 0) is 0 Å². The molecular formula is C18H32N+. The van der Waals surface area contributed by atoms with Gasteiger partial charge in [0, 0.05) is 19.3 Å². The summed E-state index contributed by atoms with van der Waals surface area (Å²) in [6.45, 7) is 7.72.